The van der Waals surface area contributed by atoms with E-state index in [2.05, 4.69) is 15.3 Å². The lowest BCUT2D eigenvalue weighted by Crippen LogP contribution is -2.51. The average molecular weight is 268 g/mol. The predicted octanol–water partition coefficient (Wildman–Crippen LogP) is 1.39. The Hall–Kier alpha value is -1.20. The number of halogens is 1. The second-order valence-corrected chi connectivity index (χ2v) is 5.07. The van der Waals surface area contributed by atoms with Crippen LogP contribution in [0.1, 0.15) is 24.6 Å². The van der Waals surface area contributed by atoms with Crippen LogP contribution >= 0.6 is 11.6 Å². The summed E-state index contributed by atoms with van der Waals surface area (Å²) in [7, 11) is 0. The van der Waals surface area contributed by atoms with Gasteiger partial charge in [0.15, 0.2) is 5.78 Å². The van der Waals surface area contributed by atoms with Crippen LogP contribution in [-0.4, -0.2) is 34.5 Å². The number of nitrogens with zero attached hydrogens (tertiary/aromatic N) is 2. The van der Waals surface area contributed by atoms with Gasteiger partial charge >= 0.3 is 0 Å². The van der Waals surface area contributed by atoms with Crippen molar-refractivity contribution in [1.29, 1.82) is 0 Å². The van der Waals surface area contributed by atoms with Gasteiger partial charge in [0.2, 0.25) is 5.28 Å². The fraction of sp³-hybridized carbons (Fsp3) is 0.583. The topological polar surface area (TPSA) is 64.1 Å². The highest BCUT2D eigenvalue weighted by atomic mass is 35.5. The van der Waals surface area contributed by atoms with E-state index in [-0.39, 0.29) is 11.1 Å². The maximum Gasteiger partial charge on any atom is 0.224 e. The molecule has 0 radical (unpaired) electrons. The number of hydrogen-bond acceptors (Lipinski definition) is 5. The molecular weight excluding hydrogens is 254 g/mol. The number of ether oxygens (including phenoxy) is 1. The Kier molecular flexibility index (Phi) is 2.75. The summed E-state index contributed by atoms with van der Waals surface area (Å²) in [6.45, 7) is 3.01. The second kappa shape index (κ2) is 4.17. The van der Waals surface area contributed by atoms with Crippen LogP contribution in [0.25, 0.3) is 0 Å². The van der Waals surface area contributed by atoms with Gasteiger partial charge in [0, 0.05) is 25.0 Å². The summed E-state index contributed by atoms with van der Waals surface area (Å²) in [5.74, 6) is 0.852. The Morgan fingerprint density at radius 1 is 1.50 bits per heavy atom. The highest BCUT2D eigenvalue weighted by molar-refractivity contribution is 6.28. The molecule has 0 amide bonds. The van der Waals surface area contributed by atoms with Crippen molar-refractivity contribution in [3.05, 3.63) is 16.5 Å². The summed E-state index contributed by atoms with van der Waals surface area (Å²) in [6.07, 6.45) is 1.80. The standard InChI is InChI=1S/C12H14ClN3O2/c1-2-8-7-5-9(17)12(3-4-18-6-12)16-10(7)15-11(13)14-8/h2-6H2,1H3,(H,14,15,16). The highest BCUT2D eigenvalue weighted by Gasteiger charge is 2.46. The number of aromatic nitrogens is 2. The van der Waals surface area contributed by atoms with Gasteiger partial charge in [-0.15, -0.1) is 0 Å². The summed E-state index contributed by atoms with van der Waals surface area (Å²) in [5, 5.41) is 3.45. The van der Waals surface area contributed by atoms with Crippen LogP contribution in [-0.2, 0) is 22.4 Å². The molecule has 3 rings (SSSR count). The van der Waals surface area contributed by atoms with Crippen molar-refractivity contribution < 1.29 is 9.53 Å². The third-order valence-corrected chi connectivity index (χ3v) is 3.82. The third-order valence-electron chi connectivity index (χ3n) is 3.65. The van der Waals surface area contributed by atoms with Gasteiger partial charge in [-0.3, -0.25) is 4.79 Å². The Morgan fingerprint density at radius 2 is 2.33 bits per heavy atom. The van der Waals surface area contributed by atoms with E-state index in [4.69, 9.17) is 16.3 Å². The van der Waals surface area contributed by atoms with Crippen molar-refractivity contribution >= 4 is 23.2 Å². The zero-order valence-corrected chi connectivity index (χ0v) is 10.9. The van der Waals surface area contributed by atoms with Gasteiger partial charge in [-0.2, -0.15) is 0 Å². The van der Waals surface area contributed by atoms with Crippen molar-refractivity contribution in [3.63, 3.8) is 0 Å². The van der Waals surface area contributed by atoms with Gasteiger partial charge in [0.05, 0.1) is 12.3 Å². The number of rotatable bonds is 1. The molecule has 2 aliphatic rings. The number of anilines is 1. The molecule has 1 aromatic heterocycles. The molecule has 1 saturated heterocycles. The summed E-state index contributed by atoms with van der Waals surface area (Å²) < 4.78 is 5.35. The molecule has 1 unspecified atom stereocenters. The van der Waals surface area contributed by atoms with Gasteiger partial charge in [0.1, 0.15) is 11.4 Å². The fourth-order valence-corrected chi connectivity index (χ4v) is 2.78. The number of hydrogen-bond donors (Lipinski definition) is 1. The van der Waals surface area contributed by atoms with Gasteiger partial charge in [-0.05, 0) is 18.0 Å². The number of fused-ring (bicyclic) bond motifs is 1. The molecule has 1 atom stereocenters. The lowest BCUT2D eigenvalue weighted by molar-refractivity contribution is -0.123. The maximum absolute atomic E-state index is 12.3. The number of carbonyl (C=O) groups is 1. The van der Waals surface area contributed by atoms with E-state index in [0.717, 1.165) is 17.7 Å². The summed E-state index contributed by atoms with van der Waals surface area (Å²) in [6, 6.07) is 0. The van der Waals surface area contributed by atoms with E-state index >= 15 is 0 Å². The van der Waals surface area contributed by atoms with E-state index in [9.17, 15) is 4.79 Å². The Labute approximate surface area is 110 Å². The molecule has 3 heterocycles. The third kappa shape index (κ3) is 1.69. The first-order chi connectivity index (χ1) is 8.64. The zero-order valence-electron chi connectivity index (χ0n) is 10.1. The van der Waals surface area contributed by atoms with E-state index in [0.29, 0.717) is 31.9 Å². The summed E-state index contributed by atoms with van der Waals surface area (Å²) in [5.41, 5.74) is 1.12. The van der Waals surface area contributed by atoms with Crippen LogP contribution in [0.5, 0.6) is 0 Å². The smallest absolute Gasteiger partial charge is 0.224 e. The van der Waals surface area contributed by atoms with Gasteiger partial charge in [0.25, 0.3) is 0 Å². The average Bonchev–Trinajstić information content (AvgIpc) is 2.80. The predicted molar refractivity (Wildman–Crippen MR) is 66.9 cm³/mol. The molecule has 0 aromatic carbocycles. The molecule has 2 aliphatic heterocycles. The van der Waals surface area contributed by atoms with Gasteiger partial charge in [-0.25, -0.2) is 9.97 Å². The van der Waals surface area contributed by atoms with Crippen molar-refractivity contribution in [3.8, 4) is 0 Å². The largest absolute Gasteiger partial charge is 0.378 e. The highest BCUT2D eigenvalue weighted by Crippen LogP contribution is 2.34. The van der Waals surface area contributed by atoms with Crippen LogP contribution in [0.15, 0.2) is 0 Å². The Bertz CT molecular complexity index is 512. The minimum Gasteiger partial charge on any atom is -0.378 e. The normalized spacial score (nSPS) is 26.2. The Morgan fingerprint density at radius 3 is 3.00 bits per heavy atom. The molecule has 0 bridgehead atoms. The molecule has 1 aromatic rings. The second-order valence-electron chi connectivity index (χ2n) is 4.73. The van der Waals surface area contributed by atoms with Gasteiger partial charge in [-0.1, -0.05) is 6.92 Å². The zero-order chi connectivity index (χ0) is 12.8. The first-order valence-corrected chi connectivity index (χ1v) is 6.47. The maximum atomic E-state index is 12.3. The molecule has 6 heteroatoms. The monoisotopic (exact) mass is 267 g/mol. The quantitative estimate of drug-likeness (QED) is 0.779. The number of ketones is 1. The molecule has 96 valence electrons. The Balaban J connectivity index is 2.07. The lowest BCUT2D eigenvalue weighted by Gasteiger charge is -2.33. The van der Waals surface area contributed by atoms with Crippen molar-refractivity contribution in [1.82, 2.24) is 9.97 Å². The molecule has 1 fully saturated rings. The number of aryl methyl sites for hydroxylation is 1. The molecule has 1 spiro atoms. The molecular formula is C12H14ClN3O2. The van der Waals surface area contributed by atoms with Crippen LogP contribution in [0.3, 0.4) is 0 Å². The molecule has 0 saturated carbocycles. The van der Waals surface area contributed by atoms with Crippen LogP contribution in [0, 0.1) is 0 Å². The number of nitrogens with one attached hydrogen (secondary N) is 1. The molecule has 0 aliphatic carbocycles. The van der Waals surface area contributed by atoms with E-state index in [1.54, 1.807) is 0 Å². The van der Waals surface area contributed by atoms with E-state index in [1.807, 2.05) is 6.92 Å². The SMILES string of the molecule is CCc1nc(Cl)nc2c1CC(=O)C1(CCOC1)N2. The van der Waals surface area contributed by atoms with E-state index in [1.165, 1.54) is 0 Å². The number of Topliss-reactive ketones (excluding diaryl/α,β-unsaturated/α-hetero) is 1. The van der Waals surface area contributed by atoms with Crippen LogP contribution in [0.2, 0.25) is 5.28 Å². The van der Waals surface area contributed by atoms with Crippen molar-refractivity contribution in [2.75, 3.05) is 18.5 Å². The summed E-state index contributed by atoms with van der Waals surface area (Å²) >= 11 is 5.91. The van der Waals surface area contributed by atoms with Crippen molar-refractivity contribution in [2.24, 2.45) is 0 Å². The van der Waals surface area contributed by atoms with Crippen LogP contribution in [0.4, 0.5) is 5.82 Å². The van der Waals surface area contributed by atoms with Crippen LogP contribution < -0.4 is 5.32 Å². The van der Waals surface area contributed by atoms with Crippen molar-refractivity contribution in [2.45, 2.75) is 31.7 Å². The van der Waals surface area contributed by atoms with Gasteiger partial charge < -0.3 is 10.1 Å². The minimum absolute atomic E-state index is 0.160. The van der Waals surface area contributed by atoms with E-state index < -0.39 is 5.54 Å². The number of carbonyl (C=O) groups excluding carboxylic acids is 1. The first-order valence-electron chi connectivity index (χ1n) is 6.09. The summed E-state index contributed by atoms with van der Waals surface area (Å²) in [4.78, 5) is 20.7. The lowest BCUT2D eigenvalue weighted by atomic mass is 9.85. The molecule has 18 heavy (non-hydrogen) atoms. The minimum atomic E-state index is -0.601. The first kappa shape index (κ1) is 11.9. The fourth-order valence-electron chi connectivity index (χ4n) is 2.59. The molecule has 1 N–H and O–H groups in total. The molecule has 5 nitrogen and oxygen atoms in total.